The summed E-state index contributed by atoms with van der Waals surface area (Å²) in [7, 11) is 0. The topological polar surface area (TPSA) is 24.9 Å². The van der Waals surface area contributed by atoms with E-state index >= 15 is 0 Å². The Bertz CT molecular complexity index is 949. The maximum atomic E-state index is 6.30. The Morgan fingerprint density at radius 1 is 1.14 bits per heavy atom. The number of halogens is 1. The number of aromatic nitrogens is 1. The molecule has 0 amide bonds. The van der Waals surface area contributed by atoms with Crippen molar-refractivity contribution < 1.29 is 0 Å². The molecule has 0 aliphatic rings. The lowest BCUT2D eigenvalue weighted by Gasteiger charge is -2.20. The van der Waals surface area contributed by atoms with Gasteiger partial charge in [-0.25, -0.2) is 4.98 Å². The number of thioether (sulfide) groups is 1. The molecule has 2 nitrogen and oxygen atoms in total. The van der Waals surface area contributed by atoms with Gasteiger partial charge in [-0.2, -0.15) is 0 Å². The van der Waals surface area contributed by atoms with Crippen LogP contribution in [0.4, 0.5) is 5.69 Å². The molecule has 0 aliphatic carbocycles. The van der Waals surface area contributed by atoms with Crippen LogP contribution in [0.3, 0.4) is 0 Å². The average Bonchev–Trinajstić information content (AvgIpc) is 2.74. The van der Waals surface area contributed by atoms with Gasteiger partial charge >= 0.3 is 0 Å². The molecular weight excluding hydrogens is 384 g/mol. The Kier molecular flexibility index (Phi) is 6.82. The highest BCUT2D eigenvalue weighted by molar-refractivity contribution is 7.98. The highest BCUT2D eigenvalue weighted by Gasteiger charge is 2.13. The van der Waals surface area contributed by atoms with Crippen LogP contribution in [0.1, 0.15) is 42.1 Å². The van der Waals surface area contributed by atoms with Gasteiger partial charge < -0.3 is 5.32 Å². The largest absolute Gasteiger partial charge is 0.378 e. The van der Waals surface area contributed by atoms with Gasteiger partial charge in [0.1, 0.15) is 0 Å². The summed E-state index contributed by atoms with van der Waals surface area (Å²) in [5.41, 5.74) is 6.48. The van der Waals surface area contributed by atoms with Crippen LogP contribution in [0.2, 0.25) is 5.02 Å². The zero-order valence-corrected chi connectivity index (χ0v) is 18.1. The van der Waals surface area contributed by atoms with Crippen molar-refractivity contribution >= 4 is 34.6 Å². The normalized spacial score (nSPS) is 11.9. The number of benzene rings is 2. The maximum absolute atomic E-state index is 6.30. The van der Waals surface area contributed by atoms with E-state index in [0.717, 1.165) is 33.8 Å². The molecule has 4 heteroatoms. The van der Waals surface area contributed by atoms with E-state index in [-0.39, 0.29) is 6.04 Å². The summed E-state index contributed by atoms with van der Waals surface area (Å²) in [4.78, 5) is 4.47. The van der Waals surface area contributed by atoms with Crippen molar-refractivity contribution in [2.24, 2.45) is 0 Å². The van der Waals surface area contributed by atoms with Crippen LogP contribution in [-0.2, 0) is 6.42 Å². The summed E-state index contributed by atoms with van der Waals surface area (Å²) < 4.78 is 0. The van der Waals surface area contributed by atoms with E-state index in [9.17, 15) is 0 Å². The molecule has 1 unspecified atom stereocenters. The van der Waals surface area contributed by atoms with Crippen molar-refractivity contribution in [1.29, 1.82) is 0 Å². The van der Waals surface area contributed by atoms with Crippen LogP contribution in [0.5, 0.6) is 0 Å². The molecule has 0 saturated heterocycles. The molecule has 0 aliphatic heterocycles. The van der Waals surface area contributed by atoms with Crippen LogP contribution < -0.4 is 5.32 Å². The fourth-order valence-electron chi connectivity index (χ4n) is 3.09. The Labute approximate surface area is 177 Å². The van der Waals surface area contributed by atoms with Crippen LogP contribution in [0, 0.1) is 0 Å². The fraction of sp³-hybridized carbons (Fsp3) is 0.208. The van der Waals surface area contributed by atoms with Gasteiger partial charge in [0.25, 0.3) is 0 Å². The highest BCUT2D eigenvalue weighted by Crippen LogP contribution is 2.33. The monoisotopic (exact) mass is 408 g/mol. The van der Waals surface area contributed by atoms with Crippen molar-refractivity contribution in [2.45, 2.75) is 31.3 Å². The van der Waals surface area contributed by atoms with E-state index in [2.05, 4.69) is 61.1 Å². The molecule has 1 aromatic heterocycles. The van der Waals surface area contributed by atoms with Gasteiger partial charge in [-0.15, -0.1) is 11.8 Å². The van der Waals surface area contributed by atoms with Crippen molar-refractivity contribution in [2.75, 3.05) is 11.6 Å². The Hall–Kier alpha value is -2.23. The van der Waals surface area contributed by atoms with Gasteiger partial charge in [-0.3, -0.25) is 0 Å². The smallest absolute Gasteiger partial charge is 0.0957 e. The summed E-state index contributed by atoms with van der Waals surface area (Å²) >= 11 is 7.92. The third-order valence-electron chi connectivity index (χ3n) is 4.86. The average molecular weight is 409 g/mol. The fourth-order valence-corrected chi connectivity index (χ4v) is 3.62. The minimum absolute atomic E-state index is 0.163. The molecule has 0 fully saturated rings. The molecule has 28 heavy (non-hydrogen) atoms. The predicted octanol–water partition coefficient (Wildman–Crippen LogP) is 7.25. The molecule has 3 aromatic rings. The number of nitrogens with one attached hydrogen (secondary N) is 1. The zero-order chi connectivity index (χ0) is 20.1. The number of aryl methyl sites for hydroxylation is 1. The van der Waals surface area contributed by atoms with Gasteiger partial charge in [0.2, 0.25) is 0 Å². The van der Waals surface area contributed by atoms with E-state index in [1.165, 1.54) is 11.1 Å². The van der Waals surface area contributed by atoms with Crippen LogP contribution in [0.25, 0.3) is 5.57 Å². The Morgan fingerprint density at radius 3 is 2.50 bits per heavy atom. The first kappa shape index (κ1) is 20.5. The number of pyridine rings is 1. The third-order valence-corrected chi connectivity index (χ3v) is 5.76. The van der Waals surface area contributed by atoms with E-state index < -0.39 is 0 Å². The van der Waals surface area contributed by atoms with Crippen molar-refractivity contribution in [3.63, 3.8) is 0 Å². The molecule has 2 aromatic carbocycles. The van der Waals surface area contributed by atoms with Gasteiger partial charge in [-0.1, -0.05) is 55.4 Å². The van der Waals surface area contributed by atoms with Crippen molar-refractivity contribution in [1.82, 2.24) is 4.98 Å². The van der Waals surface area contributed by atoms with E-state index in [0.29, 0.717) is 5.02 Å². The van der Waals surface area contributed by atoms with Crippen molar-refractivity contribution in [3.8, 4) is 0 Å². The van der Waals surface area contributed by atoms with Crippen molar-refractivity contribution in [3.05, 3.63) is 94.6 Å². The molecule has 1 N–H and O–H groups in total. The molecule has 0 saturated carbocycles. The lowest BCUT2D eigenvalue weighted by Crippen LogP contribution is -2.08. The first-order chi connectivity index (χ1) is 13.5. The van der Waals surface area contributed by atoms with Gasteiger partial charge in [0.05, 0.1) is 5.03 Å². The maximum Gasteiger partial charge on any atom is 0.0957 e. The number of hydrogen-bond acceptors (Lipinski definition) is 3. The summed E-state index contributed by atoms with van der Waals surface area (Å²) in [5.74, 6) is 0. The molecule has 3 rings (SSSR count). The van der Waals surface area contributed by atoms with Crippen LogP contribution in [-0.4, -0.2) is 11.2 Å². The first-order valence-electron chi connectivity index (χ1n) is 9.36. The minimum Gasteiger partial charge on any atom is -0.378 e. The summed E-state index contributed by atoms with van der Waals surface area (Å²) in [6, 6.07) is 18.9. The van der Waals surface area contributed by atoms with Crippen LogP contribution in [0.15, 0.2) is 72.4 Å². The number of hydrogen-bond donors (Lipinski definition) is 1. The zero-order valence-electron chi connectivity index (χ0n) is 16.5. The summed E-state index contributed by atoms with van der Waals surface area (Å²) in [6.07, 6.45) is 4.93. The molecule has 144 valence electrons. The number of nitrogens with zero attached hydrogens (tertiary/aromatic N) is 1. The number of anilines is 1. The Morgan fingerprint density at radius 2 is 1.89 bits per heavy atom. The molecular formula is C24H25ClN2S. The molecule has 0 spiro atoms. The van der Waals surface area contributed by atoms with Gasteiger partial charge in [0.15, 0.2) is 0 Å². The standard InChI is InChI=1S/C24H25ClN2S/c1-5-18-6-8-19(9-7-18)17(3)27-23-12-11-21(25)14-22(23)16(2)20-10-13-24(28-4)26-15-20/h6-15,17,27H,2,5H2,1,3-4H3. The lowest BCUT2D eigenvalue weighted by atomic mass is 9.98. The van der Waals surface area contributed by atoms with Gasteiger partial charge in [0, 0.05) is 34.1 Å². The second kappa shape index (κ2) is 9.31. The SMILES string of the molecule is C=C(c1ccc(SC)nc1)c1cc(Cl)ccc1NC(C)c1ccc(CC)cc1. The van der Waals surface area contributed by atoms with E-state index in [1.807, 2.05) is 36.7 Å². The molecule has 0 radical (unpaired) electrons. The predicted molar refractivity (Wildman–Crippen MR) is 123 cm³/mol. The third kappa shape index (κ3) is 4.78. The van der Waals surface area contributed by atoms with E-state index in [4.69, 9.17) is 11.6 Å². The second-order valence-electron chi connectivity index (χ2n) is 6.72. The first-order valence-corrected chi connectivity index (χ1v) is 11.0. The molecule has 0 bridgehead atoms. The minimum atomic E-state index is 0.163. The lowest BCUT2D eigenvalue weighted by molar-refractivity contribution is 0.882. The quantitative estimate of drug-likeness (QED) is 0.416. The summed E-state index contributed by atoms with van der Waals surface area (Å²) in [6.45, 7) is 8.64. The number of rotatable bonds is 7. The second-order valence-corrected chi connectivity index (χ2v) is 7.98. The summed E-state index contributed by atoms with van der Waals surface area (Å²) in [5, 5.41) is 5.30. The Balaban J connectivity index is 1.87. The van der Waals surface area contributed by atoms with E-state index in [1.54, 1.807) is 11.8 Å². The van der Waals surface area contributed by atoms with Gasteiger partial charge in [-0.05, 0) is 60.6 Å². The molecule has 1 heterocycles. The van der Waals surface area contributed by atoms with Crippen LogP contribution >= 0.6 is 23.4 Å². The highest BCUT2D eigenvalue weighted by atomic mass is 35.5. The molecule has 1 atom stereocenters.